The molecule has 2 aliphatic heterocycles. The number of ketones is 2. The fourth-order valence-corrected chi connectivity index (χ4v) is 3.71. The zero-order valence-corrected chi connectivity index (χ0v) is 15.1. The highest BCUT2D eigenvalue weighted by Gasteiger charge is 2.34. The summed E-state index contributed by atoms with van der Waals surface area (Å²) in [5.74, 6) is -3.06. The molecule has 0 unspecified atom stereocenters. The highest BCUT2D eigenvalue weighted by atomic mass is 16.2. The lowest BCUT2D eigenvalue weighted by Gasteiger charge is -2.22. The van der Waals surface area contributed by atoms with E-state index in [-0.39, 0.29) is 33.6 Å². The average Bonchev–Trinajstić information content (AvgIpc) is 3.25. The molecule has 8 heteroatoms. The Balaban J connectivity index is 1.58. The number of nitrogens with zero attached hydrogens (tertiary/aromatic N) is 2. The van der Waals surface area contributed by atoms with Gasteiger partial charge in [0.15, 0.2) is 11.6 Å². The zero-order chi connectivity index (χ0) is 21.2. The van der Waals surface area contributed by atoms with Gasteiger partial charge in [-0.3, -0.25) is 28.8 Å². The number of hydrogen-bond donors (Lipinski definition) is 0. The van der Waals surface area contributed by atoms with Crippen LogP contribution in [0, 0.1) is 0 Å². The van der Waals surface area contributed by atoms with E-state index in [0.717, 1.165) is 34.1 Å². The van der Waals surface area contributed by atoms with Crippen molar-refractivity contribution < 1.29 is 28.8 Å². The highest BCUT2D eigenvalue weighted by Crippen LogP contribution is 2.33. The Bertz CT molecular complexity index is 1180. The van der Waals surface area contributed by atoms with Crippen LogP contribution in [0.25, 0.3) is 0 Å². The van der Waals surface area contributed by atoms with Crippen molar-refractivity contribution in [3.8, 4) is 0 Å². The minimum Gasteiger partial charge on any atom is -0.289 e. The molecule has 2 heterocycles. The molecule has 4 amide bonds. The summed E-state index contributed by atoms with van der Waals surface area (Å²) in [6.45, 7) is 0. The molecule has 0 N–H and O–H groups in total. The third kappa shape index (κ3) is 2.34. The second-order valence-corrected chi connectivity index (χ2v) is 6.81. The molecule has 0 atom stereocenters. The van der Waals surface area contributed by atoms with Gasteiger partial charge in [-0.2, -0.15) is 0 Å². The van der Waals surface area contributed by atoms with E-state index in [0.29, 0.717) is 0 Å². The predicted molar refractivity (Wildman–Crippen MR) is 103 cm³/mol. The fraction of sp³-hybridized carbons (Fsp3) is 0. The molecule has 0 saturated carbocycles. The average molecular weight is 398 g/mol. The smallest absolute Gasteiger partial charge is 0.258 e. The van der Waals surface area contributed by atoms with Crippen molar-refractivity contribution in [3.63, 3.8) is 0 Å². The van der Waals surface area contributed by atoms with Gasteiger partial charge in [0.1, 0.15) is 0 Å². The Labute approximate surface area is 168 Å². The van der Waals surface area contributed by atoms with Crippen molar-refractivity contribution in [1.29, 1.82) is 0 Å². The van der Waals surface area contributed by atoms with Crippen LogP contribution in [0.2, 0.25) is 0 Å². The molecule has 144 valence electrons. The minimum atomic E-state index is -0.534. The van der Waals surface area contributed by atoms with E-state index in [4.69, 9.17) is 0 Å². The van der Waals surface area contributed by atoms with Gasteiger partial charge in [0.25, 0.3) is 23.6 Å². The summed E-state index contributed by atoms with van der Waals surface area (Å²) in [5, 5.41) is 0. The zero-order valence-electron chi connectivity index (χ0n) is 15.1. The van der Waals surface area contributed by atoms with Crippen LogP contribution >= 0.6 is 0 Å². The van der Waals surface area contributed by atoms with Gasteiger partial charge >= 0.3 is 0 Å². The van der Waals surface area contributed by atoms with Crippen molar-refractivity contribution >= 4 is 46.6 Å². The van der Waals surface area contributed by atoms with Crippen molar-refractivity contribution in [1.82, 2.24) is 0 Å². The van der Waals surface area contributed by atoms with Gasteiger partial charge in [-0.15, -0.1) is 0 Å². The van der Waals surface area contributed by atoms with E-state index in [2.05, 4.69) is 0 Å². The maximum absolute atomic E-state index is 13.0. The normalized spacial score (nSPS) is 17.3. The molecule has 2 aromatic rings. The minimum absolute atomic E-state index is 0.0697. The van der Waals surface area contributed by atoms with E-state index in [1.165, 1.54) is 36.4 Å². The van der Waals surface area contributed by atoms with Crippen molar-refractivity contribution in [3.05, 3.63) is 83.0 Å². The van der Waals surface area contributed by atoms with Gasteiger partial charge < -0.3 is 0 Å². The Hall–Kier alpha value is -4.46. The highest BCUT2D eigenvalue weighted by molar-refractivity contribution is 6.32. The Morgan fingerprint density at radius 2 is 0.767 bits per heavy atom. The van der Waals surface area contributed by atoms with E-state index < -0.39 is 35.2 Å². The molecule has 2 aromatic carbocycles. The van der Waals surface area contributed by atoms with Crippen LogP contribution in [0.5, 0.6) is 0 Å². The number of fused-ring (bicyclic) bond motifs is 2. The number of imide groups is 2. The van der Waals surface area contributed by atoms with Gasteiger partial charge in [0.05, 0.1) is 11.4 Å². The van der Waals surface area contributed by atoms with Crippen LogP contribution in [0.1, 0.15) is 31.8 Å². The number of hydrogen-bond acceptors (Lipinski definition) is 6. The second-order valence-electron chi connectivity index (χ2n) is 6.81. The molecular formula is C22H10N2O6. The second kappa shape index (κ2) is 6.02. The Kier molecular flexibility index (Phi) is 3.54. The molecule has 0 spiro atoms. The van der Waals surface area contributed by atoms with E-state index in [9.17, 15) is 28.8 Å². The maximum Gasteiger partial charge on any atom is 0.258 e. The first-order chi connectivity index (χ1) is 14.4. The third-order valence-electron chi connectivity index (χ3n) is 5.12. The predicted octanol–water partition coefficient (Wildman–Crippen LogP) is 1.32. The summed E-state index contributed by atoms with van der Waals surface area (Å²) in [5.41, 5.74) is 0.736. The van der Waals surface area contributed by atoms with E-state index in [1.54, 1.807) is 0 Å². The summed E-state index contributed by atoms with van der Waals surface area (Å²) in [7, 11) is 0. The fourth-order valence-electron chi connectivity index (χ4n) is 3.71. The maximum atomic E-state index is 13.0. The lowest BCUT2D eigenvalue weighted by atomic mass is 9.83. The number of carbonyl (C=O) groups excluding carboxylic acids is 6. The van der Waals surface area contributed by atoms with Gasteiger partial charge in [-0.1, -0.05) is 0 Å². The van der Waals surface area contributed by atoms with Crippen molar-refractivity contribution in [2.24, 2.45) is 0 Å². The van der Waals surface area contributed by atoms with Crippen LogP contribution in [-0.2, 0) is 19.2 Å². The molecular weight excluding hydrogens is 388 g/mol. The Morgan fingerprint density at radius 1 is 0.433 bits per heavy atom. The monoisotopic (exact) mass is 398 g/mol. The van der Waals surface area contributed by atoms with Crippen LogP contribution in [0.4, 0.5) is 11.4 Å². The van der Waals surface area contributed by atoms with Gasteiger partial charge in [0, 0.05) is 46.6 Å². The largest absolute Gasteiger partial charge is 0.289 e. The molecule has 0 aromatic heterocycles. The van der Waals surface area contributed by atoms with E-state index in [1.807, 2.05) is 0 Å². The number of rotatable bonds is 2. The number of anilines is 2. The van der Waals surface area contributed by atoms with Crippen LogP contribution in [-0.4, -0.2) is 35.2 Å². The SMILES string of the molecule is O=C1c2ccc(N3C(=O)C=CC3=O)cc2C(=O)c2ccc(N3C(=O)C=CC3=O)cc21. The van der Waals surface area contributed by atoms with Gasteiger partial charge in [0.2, 0.25) is 0 Å². The molecule has 30 heavy (non-hydrogen) atoms. The number of carbonyl (C=O) groups is 6. The van der Waals surface area contributed by atoms with Crippen LogP contribution < -0.4 is 9.80 Å². The third-order valence-corrected chi connectivity index (χ3v) is 5.12. The first kappa shape index (κ1) is 17.6. The molecule has 0 saturated heterocycles. The lowest BCUT2D eigenvalue weighted by Crippen LogP contribution is -2.31. The van der Waals surface area contributed by atoms with Crippen LogP contribution in [0.3, 0.4) is 0 Å². The topological polar surface area (TPSA) is 109 Å². The molecule has 8 nitrogen and oxygen atoms in total. The summed E-state index contributed by atoms with van der Waals surface area (Å²) < 4.78 is 0. The number of benzene rings is 2. The van der Waals surface area contributed by atoms with Gasteiger partial charge in [-0.25, -0.2) is 9.80 Å². The van der Waals surface area contributed by atoms with Crippen molar-refractivity contribution in [2.75, 3.05) is 9.80 Å². The first-order valence-corrected chi connectivity index (χ1v) is 8.86. The van der Waals surface area contributed by atoms with Crippen LogP contribution in [0.15, 0.2) is 60.7 Å². The quantitative estimate of drug-likeness (QED) is 0.603. The molecule has 0 bridgehead atoms. The van der Waals surface area contributed by atoms with E-state index >= 15 is 0 Å². The molecule has 5 rings (SSSR count). The molecule has 0 fully saturated rings. The van der Waals surface area contributed by atoms with Crippen molar-refractivity contribution in [2.45, 2.75) is 0 Å². The summed E-state index contributed by atoms with van der Waals surface area (Å²) in [6, 6.07) is 8.28. The summed E-state index contributed by atoms with van der Waals surface area (Å²) in [6.07, 6.45) is 4.51. The Morgan fingerprint density at radius 3 is 1.10 bits per heavy atom. The van der Waals surface area contributed by atoms with Gasteiger partial charge in [-0.05, 0) is 36.4 Å². The summed E-state index contributed by atoms with van der Waals surface area (Å²) in [4.78, 5) is 75.5. The lowest BCUT2D eigenvalue weighted by molar-refractivity contribution is -0.121. The molecule has 3 aliphatic rings. The number of amides is 4. The summed E-state index contributed by atoms with van der Waals surface area (Å²) >= 11 is 0. The first-order valence-electron chi connectivity index (χ1n) is 8.86. The molecule has 0 radical (unpaired) electrons. The molecule has 1 aliphatic carbocycles. The standard InChI is InChI=1S/C22H10N2O6/c25-17-5-6-18(26)23(17)11-1-3-13-15(9-11)22(30)14-4-2-12(10-16(14)21(13)29)24-19(27)7-8-20(24)28/h1-10H.